The highest BCUT2D eigenvalue weighted by atomic mass is 16.6. The lowest BCUT2D eigenvalue weighted by atomic mass is 10.2. The fourth-order valence-electron chi connectivity index (χ4n) is 3.31. The number of rotatable bonds is 8. The SMILES string of the molecule is CCCc1nc(NC(=O)C2COc3ccccc3O2)c(C(=O)OCC)n1CC(C)C. The van der Waals surface area contributed by atoms with E-state index in [4.69, 9.17) is 14.2 Å². The molecule has 0 spiro atoms. The Hall–Kier alpha value is -3.03. The lowest BCUT2D eigenvalue weighted by Gasteiger charge is -2.25. The fraction of sp³-hybridized carbons (Fsp3) is 0.500. The molecule has 0 bridgehead atoms. The van der Waals surface area contributed by atoms with Crippen LogP contribution in [-0.4, -0.2) is 40.7 Å². The Labute approximate surface area is 176 Å². The highest BCUT2D eigenvalue weighted by molar-refractivity contribution is 6.01. The topological polar surface area (TPSA) is 91.7 Å². The molecule has 2 aromatic rings. The summed E-state index contributed by atoms with van der Waals surface area (Å²) >= 11 is 0. The number of hydrogen-bond donors (Lipinski definition) is 1. The number of benzene rings is 1. The Morgan fingerprint density at radius 2 is 2.00 bits per heavy atom. The molecule has 3 rings (SSSR count). The molecule has 30 heavy (non-hydrogen) atoms. The Kier molecular flexibility index (Phi) is 6.97. The summed E-state index contributed by atoms with van der Waals surface area (Å²) in [5, 5.41) is 2.77. The van der Waals surface area contributed by atoms with Crippen LogP contribution in [-0.2, 0) is 22.5 Å². The minimum absolute atomic E-state index is 0.0755. The lowest BCUT2D eigenvalue weighted by Crippen LogP contribution is -2.40. The van der Waals surface area contributed by atoms with Crippen molar-refractivity contribution in [3.8, 4) is 11.5 Å². The van der Waals surface area contributed by atoms with Gasteiger partial charge in [-0.15, -0.1) is 0 Å². The minimum atomic E-state index is -0.847. The highest BCUT2D eigenvalue weighted by Gasteiger charge is 2.31. The summed E-state index contributed by atoms with van der Waals surface area (Å²) in [4.78, 5) is 30.2. The van der Waals surface area contributed by atoms with E-state index < -0.39 is 18.0 Å². The van der Waals surface area contributed by atoms with Crippen molar-refractivity contribution in [2.24, 2.45) is 5.92 Å². The molecule has 1 aromatic heterocycles. The van der Waals surface area contributed by atoms with Gasteiger partial charge in [-0.2, -0.15) is 0 Å². The van der Waals surface area contributed by atoms with Gasteiger partial charge in [-0.1, -0.05) is 32.9 Å². The molecule has 0 saturated heterocycles. The van der Waals surface area contributed by atoms with Crippen molar-refractivity contribution in [1.29, 1.82) is 0 Å². The quantitative estimate of drug-likeness (QED) is 0.664. The standard InChI is InChI=1S/C22H29N3O5/c1-5-9-18-23-20(19(22(27)28-6-2)25(18)12-14(3)4)24-21(26)17-13-29-15-10-7-8-11-16(15)30-17/h7-8,10-11,14,17H,5-6,9,12-13H2,1-4H3,(H,24,26). The fourth-order valence-corrected chi connectivity index (χ4v) is 3.31. The van der Waals surface area contributed by atoms with Crippen LogP contribution in [0.3, 0.4) is 0 Å². The first-order valence-electron chi connectivity index (χ1n) is 10.4. The number of ether oxygens (including phenoxy) is 3. The minimum Gasteiger partial charge on any atom is -0.485 e. The Morgan fingerprint density at radius 1 is 1.27 bits per heavy atom. The van der Waals surface area contributed by atoms with Crippen molar-refractivity contribution < 1.29 is 23.8 Å². The summed E-state index contributed by atoms with van der Waals surface area (Å²) in [5.74, 6) is 1.41. The van der Waals surface area contributed by atoms with Crippen LogP contribution in [0.25, 0.3) is 0 Å². The average Bonchev–Trinajstić information content (AvgIpc) is 3.04. The summed E-state index contributed by atoms with van der Waals surface area (Å²) in [7, 11) is 0. The number of esters is 1. The average molecular weight is 415 g/mol. The molecule has 1 unspecified atom stereocenters. The molecule has 8 nitrogen and oxygen atoms in total. The molecule has 1 N–H and O–H groups in total. The van der Waals surface area contributed by atoms with E-state index in [1.54, 1.807) is 19.1 Å². The molecule has 1 atom stereocenters. The second kappa shape index (κ2) is 9.65. The van der Waals surface area contributed by atoms with Crippen LogP contribution in [0, 0.1) is 5.92 Å². The van der Waals surface area contributed by atoms with Crippen molar-refractivity contribution in [1.82, 2.24) is 9.55 Å². The Bertz CT molecular complexity index is 906. The van der Waals surface area contributed by atoms with Gasteiger partial charge in [0.15, 0.2) is 23.0 Å². The molecule has 8 heteroatoms. The van der Waals surface area contributed by atoms with Crippen LogP contribution in [0.15, 0.2) is 24.3 Å². The zero-order valence-electron chi connectivity index (χ0n) is 17.9. The number of nitrogens with one attached hydrogen (secondary N) is 1. The van der Waals surface area contributed by atoms with E-state index in [2.05, 4.69) is 24.1 Å². The second-order valence-electron chi connectivity index (χ2n) is 7.55. The largest absolute Gasteiger partial charge is 0.485 e. The number of nitrogens with zero attached hydrogens (tertiary/aromatic N) is 2. The third-order valence-electron chi connectivity index (χ3n) is 4.58. The Morgan fingerprint density at radius 3 is 2.67 bits per heavy atom. The number of anilines is 1. The van der Waals surface area contributed by atoms with Crippen LogP contribution in [0.5, 0.6) is 11.5 Å². The van der Waals surface area contributed by atoms with Gasteiger partial charge < -0.3 is 24.1 Å². The smallest absolute Gasteiger partial charge is 0.358 e. The number of aryl methyl sites for hydroxylation is 1. The summed E-state index contributed by atoms with van der Waals surface area (Å²) in [6.45, 7) is 8.83. The maximum Gasteiger partial charge on any atom is 0.358 e. The van der Waals surface area contributed by atoms with Crippen molar-refractivity contribution in [3.63, 3.8) is 0 Å². The zero-order chi connectivity index (χ0) is 21.7. The first-order valence-corrected chi connectivity index (χ1v) is 10.4. The number of imidazole rings is 1. The van der Waals surface area contributed by atoms with Crippen molar-refractivity contribution in [2.75, 3.05) is 18.5 Å². The summed E-state index contributed by atoms with van der Waals surface area (Å²) in [6, 6.07) is 7.18. The van der Waals surface area contributed by atoms with E-state index in [1.165, 1.54) is 0 Å². The predicted molar refractivity (Wildman–Crippen MR) is 112 cm³/mol. The lowest BCUT2D eigenvalue weighted by molar-refractivity contribution is -0.125. The molecular formula is C22H29N3O5. The number of para-hydroxylation sites is 2. The molecule has 0 fully saturated rings. The van der Waals surface area contributed by atoms with E-state index >= 15 is 0 Å². The molecule has 1 amide bonds. The van der Waals surface area contributed by atoms with Gasteiger partial charge in [0, 0.05) is 13.0 Å². The van der Waals surface area contributed by atoms with Gasteiger partial charge >= 0.3 is 5.97 Å². The van der Waals surface area contributed by atoms with E-state index in [9.17, 15) is 9.59 Å². The van der Waals surface area contributed by atoms with Crippen molar-refractivity contribution >= 4 is 17.7 Å². The molecule has 0 aliphatic carbocycles. The maximum atomic E-state index is 12.9. The molecule has 1 aliphatic heterocycles. The van der Waals surface area contributed by atoms with Gasteiger partial charge in [0.25, 0.3) is 5.91 Å². The van der Waals surface area contributed by atoms with E-state index in [0.29, 0.717) is 24.5 Å². The first kappa shape index (κ1) is 21.7. The number of amides is 1. The molecule has 1 aliphatic rings. The van der Waals surface area contributed by atoms with Crippen LogP contribution in [0.2, 0.25) is 0 Å². The van der Waals surface area contributed by atoms with Crippen LogP contribution < -0.4 is 14.8 Å². The van der Waals surface area contributed by atoms with Gasteiger partial charge in [-0.05, 0) is 31.4 Å². The predicted octanol–water partition coefficient (Wildman–Crippen LogP) is 3.45. The molecule has 1 aromatic carbocycles. The van der Waals surface area contributed by atoms with Gasteiger partial charge in [0.05, 0.1) is 6.61 Å². The number of fused-ring (bicyclic) bond motifs is 1. The van der Waals surface area contributed by atoms with Crippen molar-refractivity contribution in [2.45, 2.75) is 53.2 Å². The molecule has 0 saturated carbocycles. The van der Waals surface area contributed by atoms with Crippen molar-refractivity contribution in [3.05, 3.63) is 35.8 Å². The second-order valence-corrected chi connectivity index (χ2v) is 7.55. The summed E-state index contributed by atoms with van der Waals surface area (Å²) in [6.07, 6.45) is 0.701. The van der Waals surface area contributed by atoms with Gasteiger partial charge in [0.1, 0.15) is 12.4 Å². The first-order chi connectivity index (χ1) is 14.4. The third kappa shape index (κ3) is 4.75. The number of aromatic nitrogens is 2. The molecule has 162 valence electrons. The monoisotopic (exact) mass is 415 g/mol. The summed E-state index contributed by atoms with van der Waals surface area (Å²) < 4.78 is 18.5. The highest BCUT2D eigenvalue weighted by Crippen LogP contribution is 2.31. The number of hydrogen-bond acceptors (Lipinski definition) is 6. The summed E-state index contributed by atoms with van der Waals surface area (Å²) in [5.41, 5.74) is 0.263. The third-order valence-corrected chi connectivity index (χ3v) is 4.58. The number of carbonyl (C=O) groups is 2. The maximum absolute atomic E-state index is 12.9. The molecule has 0 radical (unpaired) electrons. The van der Waals surface area contributed by atoms with Crippen LogP contribution in [0.4, 0.5) is 5.82 Å². The van der Waals surface area contributed by atoms with Gasteiger partial charge in [-0.25, -0.2) is 9.78 Å². The van der Waals surface area contributed by atoms with Crippen LogP contribution >= 0.6 is 0 Å². The molecular weight excluding hydrogens is 386 g/mol. The van der Waals surface area contributed by atoms with E-state index in [0.717, 1.165) is 12.2 Å². The number of carbonyl (C=O) groups excluding carboxylic acids is 2. The van der Waals surface area contributed by atoms with Gasteiger partial charge in [-0.3, -0.25) is 4.79 Å². The Balaban J connectivity index is 1.88. The van der Waals surface area contributed by atoms with Gasteiger partial charge in [0.2, 0.25) is 6.10 Å². The van der Waals surface area contributed by atoms with E-state index in [-0.39, 0.29) is 30.6 Å². The van der Waals surface area contributed by atoms with E-state index in [1.807, 2.05) is 23.6 Å². The normalized spacial score (nSPS) is 15.2. The molecule has 2 heterocycles. The zero-order valence-corrected chi connectivity index (χ0v) is 17.9. The van der Waals surface area contributed by atoms with Crippen LogP contribution in [0.1, 0.15) is 50.4 Å².